The van der Waals surface area contributed by atoms with E-state index in [1.54, 1.807) is 12.1 Å². The second-order valence-corrected chi connectivity index (χ2v) is 4.97. The van der Waals surface area contributed by atoms with Gasteiger partial charge in [0.05, 0.1) is 4.92 Å². The molecule has 0 aliphatic carbocycles. The van der Waals surface area contributed by atoms with Crippen LogP contribution >= 0.6 is 15.9 Å². The molecule has 0 atom stereocenters. The first-order valence-electron chi connectivity index (χ1n) is 5.79. The lowest BCUT2D eigenvalue weighted by atomic mass is 10.1. The Balaban J connectivity index is 2.17. The van der Waals surface area contributed by atoms with E-state index in [4.69, 9.17) is 0 Å². The molecule has 4 nitrogen and oxygen atoms in total. The van der Waals surface area contributed by atoms with Crippen molar-refractivity contribution in [1.29, 1.82) is 0 Å². The molecule has 0 heterocycles. The number of benzene rings is 2. The van der Waals surface area contributed by atoms with Gasteiger partial charge in [0.2, 0.25) is 0 Å². The summed E-state index contributed by atoms with van der Waals surface area (Å²) in [6.07, 6.45) is 3.08. The number of allylic oxidation sites excluding steroid dienone is 1. The van der Waals surface area contributed by atoms with Gasteiger partial charge in [-0.2, -0.15) is 0 Å². The average molecular weight is 332 g/mol. The summed E-state index contributed by atoms with van der Waals surface area (Å²) in [5, 5.41) is 10.7. The van der Waals surface area contributed by atoms with Gasteiger partial charge in [-0.25, -0.2) is 0 Å². The Kier molecular flexibility index (Phi) is 4.42. The maximum atomic E-state index is 11.9. The molecular weight excluding hydrogens is 322 g/mol. The summed E-state index contributed by atoms with van der Waals surface area (Å²) in [6.45, 7) is 0. The minimum Gasteiger partial charge on any atom is -0.289 e. The van der Waals surface area contributed by atoms with Crippen LogP contribution in [0.15, 0.2) is 59.1 Å². The van der Waals surface area contributed by atoms with E-state index in [9.17, 15) is 14.9 Å². The van der Waals surface area contributed by atoms with Crippen LogP contribution in [0, 0.1) is 10.1 Å². The normalized spacial score (nSPS) is 10.7. The van der Waals surface area contributed by atoms with E-state index in [0.717, 1.165) is 10.0 Å². The van der Waals surface area contributed by atoms with Crippen LogP contribution in [-0.2, 0) is 0 Å². The van der Waals surface area contributed by atoms with Gasteiger partial charge in [-0.05, 0) is 23.8 Å². The maximum absolute atomic E-state index is 11.9. The van der Waals surface area contributed by atoms with Crippen LogP contribution in [-0.4, -0.2) is 10.7 Å². The first-order chi connectivity index (χ1) is 9.56. The number of nitrogens with zero attached hydrogens (tertiary/aromatic N) is 1. The molecule has 0 radical (unpaired) electrons. The van der Waals surface area contributed by atoms with Crippen molar-refractivity contribution in [3.63, 3.8) is 0 Å². The Bertz CT molecular complexity index is 678. The zero-order valence-corrected chi connectivity index (χ0v) is 11.9. The van der Waals surface area contributed by atoms with Gasteiger partial charge in [-0.3, -0.25) is 14.9 Å². The molecule has 20 heavy (non-hydrogen) atoms. The summed E-state index contributed by atoms with van der Waals surface area (Å²) in [5.74, 6) is -0.267. The number of carbonyl (C=O) groups is 1. The van der Waals surface area contributed by atoms with Crippen LogP contribution in [0.4, 0.5) is 5.69 Å². The number of carbonyl (C=O) groups excluding carboxylic acids is 1. The van der Waals surface area contributed by atoms with Crippen LogP contribution in [0.1, 0.15) is 15.9 Å². The summed E-state index contributed by atoms with van der Waals surface area (Å²) < 4.78 is 0.958. The highest BCUT2D eigenvalue weighted by molar-refractivity contribution is 9.10. The fourth-order valence-electron chi connectivity index (χ4n) is 1.61. The number of hydrogen-bond donors (Lipinski definition) is 0. The Labute approximate surface area is 124 Å². The largest absolute Gasteiger partial charge is 0.289 e. The quantitative estimate of drug-likeness (QED) is 0.364. The lowest BCUT2D eigenvalue weighted by Gasteiger charge is -1.97. The van der Waals surface area contributed by atoms with E-state index in [2.05, 4.69) is 15.9 Å². The number of nitro benzene ring substituents is 1. The highest BCUT2D eigenvalue weighted by Gasteiger charge is 2.09. The van der Waals surface area contributed by atoms with Gasteiger partial charge >= 0.3 is 0 Å². The van der Waals surface area contributed by atoms with Crippen LogP contribution in [0.5, 0.6) is 0 Å². The molecule has 0 unspecified atom stereocenters. The number of non-ortho nitro benzene ring substituents is 1. The lowest BCUT2D eigenvalue weighted by Crippen LogP contribution is -1.96. The van der Waals surface area contributed by atoms with Gasteiger partial charge in [0.1, 0.15) is 0 Å². The molecule has 0 amide bonds. The SMILES string of the molecule is O=C(/C=C/c1ccc(Br)cc1)c1cccc([N+](=O)[O-])c1. The van der Waals surface area contributed by atoms with Crippen molar-refractivity contribution in [2.45, 2.75) is 0 Å². The topological polar surface area (TPSA) is 60.2 Å². The molecule has 0 bridgehead atoms. The minimum atomic E-state index is -0.519. The molecule has 0 saturated carbocycles. The first-order valence-corrected chi connectivity index (χ1v) is 6.58. The zero-order chi connectivity index (χ0) is 14.5. The average Bonchev–Trinajstić information content (AvgIpc) is 2.46. The molecule has 2 aromatic rings. The fraction of sp³-hybridized carbons (Fsp3) is 0. The number of ketones is 1. The third-order valence-electron chi connectivity index (χ3n) is 2.64. The third-order valence-corrected chi connectivity index (χ3v) is 3.17. The second kappa shape index (κ2) is 6.25. The smallest absolute Gasteiger partial charge is 0.270 e. The van der Waals surface area contributed by atoms with Crippen molar-refractivity contribution in [1.82, 2.24) is 0 Å². The summed E-state index contributed by atoms with van der Waals surface area (Å²) >= 11 is 3.33. The van der Waals surface area contributed by atoms with Crippen molar-refractivity contribution in [3.05, 3.63) is 80.3 Å². The first kappa shape index (κ1) is 14.1. The molecular formula is C15H10BrNO3. The predicted octanol–water partition coefficient (Wildman–Crippen LogP) is 4.25. The summed E-state index contributed by atoms with van der Waals surface area (Å²) in [7, 11) is 0. The van der Waals surface area contributed by atoms with E-state index in [0.29, 0.717) is 5.56 Å². The standard InChI is InChI=1S/C15H10BrNO3/c16-13-7-4-11(5-8-13)6-9-15(18)12-2-1-3-14(10-12)17(19)20/h1-10H/b9-6+. The highest BCUT2D eigenvalue weighted by atomic mass is 79.9. The van der Waals surface area contributed by atoms with Crippen molar-refractivity contribution in [3.8, 4) is 0 Å². The van der Waals surface area contributed by atoms with E-state index < -0.39 is 4.92 Å². The summed E-state index contributed by atoms with van der Waals surface area (Å²) in [6, 6.07) is 13.2. The molecule has 2 aromatic carbocycles. The van der Waals surface area contributed by atoms with Gasteiger partial charge in [0.25, 0.3) is 5.69 Å². The number of nitro groups is 1. The monoisotopic (exact) mass is 331 g/mol. The van der Waals surface area contributed by atoms with Gasteiger partial charge < -0.3 is 0 Å². The highest BCUT2D eigenvalue weighted by Crippen LogP contribution is 2.15. The molecule has 0 aromatic heterocycles. The molecule has 100 valence electrons. The van der Waals surface area contributed by atoms with Crippen LogP contribution < -0.4 is 0 Å². The van der Waals surface area contributed by atoms with E-state index in [-0.39, 0.29) is 11.5 Å². The molecule has 0 fully saturated rings. The Hall–Kier alpha value is -2.27. The molecule has 0 aliphatic heterocycles. The molecule has 2 rings (SSSR count). The number of hydrogen-bond acceptors (Lipinski definition) is 3. The van der Waals surface area contributed by atoms with Crippen molar-refractivity contribution >= 4 is 33.5 Å². The van der Waals surface area contributed by atoms with E-state index in [1.165, 1.54) is 24.3 Å². The summed E-state index contributed by atoms with van der Waals surface area (Å²) in [5.41, 5.74) is 1.09. The van der Waals surface area contributed by atoms with Crippen LogP contribution in [0.3, 0.4) is 0 Å². The van der Waals surface area contributed by atoms with Crippen molar-refractivity contribution in [2.75, 3.05) is 0 Å². The number of rotatable bonds is 4. The van der Waals surface area contributed by atoms with E-state index >= 15 is 0 Å². The van der Waals surface area contributed by atoms with Crippen LogP contribution in [0.25, 0.3) is 6.08 Å². The molecule has 0 spiro atoms. The van der Waals surface area contributed by atoms with Gasteiger partial charge in [0, 0.05) is 22.2 Å². The molecule has 0 aliphatic rings. The van der Waals surface area contributed by atoms with Gasteiger partial charge in [-0.15, -0.1) is 0 Å². The molecule has 5 heteroatoms. The third kappa shape index (κ3) is 3.61. The Morgan fingerprint density at radius 2 is 1.85 bits per heavy atom. The Morgan fingerprint density at radius 1 is 1.15 bits per heavy atom. The molecule has 0 saturated heterocycles. The van der Waals surface area contributed by atoms with Crippen molar-refractivity contribution < 1.29 is 9.72 Å². The number of halogens is 1. The second-order valence-electron chi connectivity index (χ2n) is 4.06. The minimum absolute atomic E-state index is 0.0899. The summed E-state index contributed by atoms with van der Waals surface area (Å²) in [4.78, 5) is 22.1. The zero-order valence-electron chi connectivity index (χ0n) is 10.3. The fourth-order valence-corrected chi connectivity index (χ4v) is 1.88. The maximum Gasteiger partial charge on any atom is 0.270 e. The molecule has 0 N–H and O–H groups in total. The van der Waals surface area contributed by atoms with Crippen molar-refractivity contribution in [2.24, 2.45) is 0 Å². The lowest BCUT2D eigenvalue weighted by molar-refractivity contribution is -0.384. The van der Waals surface area contributed by atoms with Crippen LogP contribution in [0.2, 0.25) is 0 Å². The van der Waals surface area contributed by atoms with Gasteiger partial charge in [0.15, 0.2) is 5.78 Å². The van der Waals surface area contributed by atoms with E-state index in [1.807, 2.05) is 24.3 Å². The van der Waals surface area contributed by atoms with Gasteiger partial charge in [-0.1, -0.05) is 46.3 Å². The Morgan fingerprint density at radius 3 is 2.50 bits per heavy atom. The predicted molar refractivity (Wildman–Crippen MR) is 80.6 cm³/mol.